The zero-order valence-corrected chi connectivity index (χ0v) is 11.2. The second-order valence-electron chi connectivity index (χ2n) is 5.48. The Labute approximate surface area is 100 Å². The standard InChI is InChI=1S/C13H28N2O/c1-4-9-15(10-5-8-14)11-12-6-7-13(2,3)16-12/h12H,4-11,14H2,1-3H3. The first kappa shape index (κ1) is 13.9. The maximum atomic E-state index is 6.03. The zero-order valence-electron chi connectivity index (χ0n) is 11.2. The molecule has 0 amide bonds. The van der Waals surface area contributed by atoms with Crippen molar-refractivity contribution in [2.24, 2.45) is 5.73 Å². The van der Waals surface area contributed by atoms with Crippen molar-refractivity contribution in [3.8, 4) is 0 Å². The van der Waals surface area contributed by atoms with Crippen LogP contribution in [0.3, 0.4) is 0 Å². The van der Waals surface area contributed by atoms with E-state index in [-0.39, 0.29) is 5.60 Å². The van der Waals surface area contributed by atoms with Crippen LogP contribution in [0, 0.1) is 0 Å². The van der Waals surface area contributed by atoms with Gasteiger partial charge >= 0.3 is 0 Å². The Hall–Kier alpha value is -0.120. The molecule has 1 atom stereocenters. The molecule has 0 bridgehead atoms. The van der Waals surface area contributed by atoms with E-state index in [1.54, 1.807) is 0 Å². The largest absolute Gasteiger partial charge is 0.371 e. The van der Waals surface area contributed by atoms with Crippen molar-refractivity contribution in [2.75, 3.05) is 26.2 Å². The second kappa shape index (κ2) is 6.58. The lowest BCUT2D eigenvalue weighted by molar-refractivity contribution is -0.0286. The van der Waals surface area contributed by atoms with Crippen LogP contribution in [-0.4, -0.2) is 42.8 Å². The molecule has 0 radical (unpaired) electrons. The SMILES string of the molecule is CCCN(CCCN)CC1CCC(C)(C)O1. The molecule has 1 fully saturated rings. The van der Waals surface area contributed by atoms with Crippen LogP contribution in [0.2, 0.25) is 0 Å². The predicted octanol–water partition coefficient (Wildman–Crippen LogP) is 2.00. The van der Waals surface area contributed by atoms with Gasteiger partial charge in [0.25, 0.3) is 0 Å². The van der Waals surface area contributed by atoms with E-state index >= 15 is 0 Å². The van der Waals surface area contributed by atoms with Gasteiger partial charge in [-0.15, -0.1) is 0 Å². The molecule has 3 nitrogen and oxygen atoms in total. The number of hydrogen-bond acceptors (Lipinski definition) is 3. The van der Waals surface area contributed by atoms with E-state index in [4.69, 9.17) is 10.5 Å². The molecule has 96 valence electrons. The van der Waals surface area contributed by atoms with E-state index < -0.39 is 0 Å². The van der Waals surface area contributed by atoms with Crippen molar-refractivity contribution in [1.82, 2.24) is 4.90 Å². The fourth-order valence-electron chi connectivity index (χ4n) is 2.42. The smallest absolute Gasteiger partial charge is 0.0710 e. The molecular weight excluding hydrogens is 200 g/mol. The molecule has 1 aliphatic rings. The van der Waals surface area contributed by atoms with Crippen LogP contribution in [0.5, 0.6) is 0 Å². The van der Waals surface area contributed by atoms with Crippen LogP contribution in [0.15, 0.2) is 0 Å². The van der Waals surface area contributed by atoms with Crippen LogP contribution in [-0.2, 0) is 4.74 Å². The van der Waals surface area contributed by atoms with Crippen molar-refractivity contribution in [3.63, 3.8) is 0 Å². The summed E-state index contributed by atoms with van der Waals surface area (Å²) in [6.45, 7) is 10.8. The van der Waals surface area contributed by atoms with Crippen LogP contribution in [0.4, 0.5) is 0 Å². The Morgan fingerprint density at radius 1 is 1.38 bits per heavy atom. The Morgan fingerprint density at radius 2 is 2.12 bits per heavy atom. The number of hydrogen-bond donors (Lipinski definition) is 1. The summed E-state index contributed by atoms with van der Waals surface area (Å²) >= 11 is 0. The molecule has 0 aliphatic carbocycles. The van der Waals surface area contributed by atoms with Gasteiger partial charge in [0.05, 0.1) is 11.7 Å². The molecule has 0 aromatic carbocycles. The van der Waals surface area contributed by atoms with Gasteiger partial charge in [-0.1, -0.05) is 6.92 Å². The summed E-state index contributed by atoms with van der Waals surface area (Å²) in [5, 5.41) is 0. The van der Waals surface area contributed by atoms with Gasteiger partial charge in [-0.3, -0.25) is 0 Å². The van der Waals surface area contributed by atoms with Gasteiger partial charge in [0.1, 0.15) is 0 Å². The Balaban J connectivity index is 2.31. The maximum absolute atomic E-state index is 6.03. The molecule has 1 saturated heterocycles. The summed E-state index contributed by atoms with van der Waals surface area (Å²) in [5.74, 6) is 0. The third-order valence-corrected chi connectivity index (χ3v) is 3.23. The zero-order chi connectivity index (χ0) is 12.0. The van der Waals surface area contributed by atoms with Gasteiger partial charge in [-0.05, 0) is 59.2 Å². The van der Waals surface area contributed by atoms with E-state index in [1.807, 2.05) is 0 Å². The van der Waals surface area contributed by atoms with Crippen molar-refractivity contribution in [1.29, 1.82) is 0 Å². The highest BCUT2D eigenvalue weighted by atomic mass is 16.5. The van der Waals surface area contributed by atoms with E-state index in [2.05, 4.69) is 25.7 Å². The summed E-state index contributed by atoms with van der Waals surface area (Å²) in [4.78, 5) is 2.50. The number of rotatable bonds is 7. The molecule has 0 aromatic heterocycles. The van der Waals surface area contributed by atoms with Gasteiger partial charge in [0.15, 0.2) is 0 Å². The molecule has 0 aromatic rings. The predicted molar refractivity (Wildman–Crippen MR) is 68.6 cm³/mol. The van der Waals surface area contributed by atoms with Gasteiger partial charge in [-0.25, -0.2) is 0 Å². The quantitative estimate of drug-likeness (QED) is 0.724. The second-order valence-corrected chi connectivity index (χ2v) is 5.48. The molecule has 1 aliphatic heterocycles. The summed E-state index contributed by atoms with van der Waals surface area (Å²) in [7, 11) is 0. The van der Waals surface area contributed by atoms with Crippen LogP contribution in [0.1, 0.15) is 46.5 Å². The monoisotopic (exact) mass is 228 g/mol. The minimum Gasteiger partial charge on any atom is -0.371 e. The van der Waals surface area contributed by atoms with Gasteiger partial charge in [-0.2, -0.15) is 0 Å². The topological polar surface area (TPSA) is 38.5 Å². The highest BCUT2D eigenvalue weighted by Gasteiger charge is 2.32. The Kier molecular flexibility index (Phi) is 5.73. The fraction of sp³-hybridized carbons (Fsp3) is 1.00. The lowest BCUT2D eigenvalue weighted by Crippen LogP contribution is -2.35. The maximum Gasteiger partial charge on any atom is 0.0710 e. The molecule has 1 heterocycles. The first-order valence-electron chi connectivity index (χ1n) is 6.67. The molecule has 0 spiro atoms. The highest BCUT2D eigenvalue weighted by molar-refractivity contribution is 4.82. The van der Waals surface area contributed by atoms with Crippen LogP contribution >= 0.6 is 0 Å². The van der Waals surface area contributed by atoms with Gasteiger partial charge in [0.2, 0.25) is 0 Å². The minimum absolute atomic E-state index is 0.0937. The minimum atomic E-state index is 0.0937. The van der Waals surface area contributed by atoms with Crippen LogP contribution in [0.25, 0.3) is 0 Å². The van der Waals surface area contributed by atoms with Gasteiger partial charge < -0.3 is 15.4 Å². The lowest BCUT2D eigenvalue weighted by atomic mass is 10.1. The van der Waals surface area contributed by atoms with Gasteiger partial charge in [0, 0.05) is 6.54 Å². The number of nitrogens with zero attached hydrogens (tertiary/aromatic N) is 1. The number of nitrogens with two attached hydrogens (primary N) is 1. The average molecular weight is 228 g/mol. The summed E-state index contributed by atoms with van der Waals surface area (Å²) < 4.78 is 6.03. The normalized spacial score (nSPS) is 24.2. The van der Waals surface area contributed by atoms with Crippen molar-refractivity contribution in [3.05, 3.63) is 0 Å². The van der Waals surface area contributed by atoms with Crippen molar-refractivity contribution < 1.29 is 4.74 Å². The molecular formula is C13H28N2O. The average Bonchev–Trinajstić information content (AvgIpc) is 2.55. The van der Waals surface area contributed by atoms with Crippen molar-refractivity contribution >= 4 is 0 Å². The first-order chi connectivity index (χ1) is 7.57. The van der Waals surface area contributed by atoms with E-state index in [1.165, 1.54) is 25.8 Å². The fourth-order valence-corrected chi connectivity index (χ4v) is 2.42. The molecule has 2 N–H and O–H groups in total. The molecule has 16 heavy (non-hydrogen) atoms. The summed E-state index contributed by atoms with van der Waals surface area (Å²) in [6, 6.07) is 0. The molecule has 1 rings (SSSR count). The first-order valence-corrected chi connectivity index (χ1v) is 6.67. The summed E-state index contributed by atoms with van der Waals surface area (Å²) in [5.41, 5.74) is 5.66. The molecule has 0 saturated carbocycles. The third-order valence-electron chi connectivity index (χ3n) is 3.23. The third kappa shape index (κ3) is 4.81. The highest BCUT2D eigenvalue weighted by Crippen LogP contribution is 2.29. The van der Waals surface area contributed by atoms with Crippen molar-refractivity contribution in [2.45, 2.75) is 58.2 Å². The Bertz CT molecular complexity index is 194. The van der Waals surface area contributed by atoms with E-state index in [0.29, 0.717) is 6.10 Å². The van der Waals surface area contributed by atoms with E-state index in [0.717, 1.165) is 26.1 Å². The molecule has 3 heteroatoms. The summed E-state index contributed by atoms with van der Waals surface area (Å²) in [6.07, 6.45) is 5.13. The number of ether oxygens (including phenoxy) is 1. The van der Waals surface area contributed by atoms with E-state index in [9.17, 15) is 0 Å². The lowest BCUT2D eigenvalue weighted by Gasteiger charge is -2.26. The Morgan fingerprint density at radius 3 is 2.62 bits per heavy atom. The molecule has 1 unspecified atom stereocenters. The van der Waals surface area contributed by atoms with Crippen LogP contribution < -0.4 is 5.73 Å².